The first-order valence-corrected chi connectivity index (χ1v) is 10.4. The molecule has 5 heteroatoms. The molecule has 2 aliphatic rings. The van der Waals surface area contributed by atoms with Crippen molar-refractivity contribution in [1.29, 1.82) is 0 Å². The van der Waals surface area contributed by atoms with Crippen LogP contribution in [0.2, 0.25) is 5.02 Å². The lowest BCUT2D eigenvalue weighted by atomic mass is 9.96. The summed E-state index contributed by atoms with van der Waals surface area (Å²) in [6.45, 7) is 5.03. The molecule has 1 N–H and O–H groups in total. The summed E-state index contributed by atoms with van der Waals surface area (Å²) in [4.78, 5) is 17.2. The number of amides is 1. The van der Waals surface area contributed by atoms with E-state index in [1.807, 2.05) is 29.2 Å². The number of nitrogens with zero attached hydrogens (tertiary/aromatic N) is 2. The second kappa shape index (κ2) is 9.72. The van der Waals surface area contributed by atoms with Crippen LogP contribution < -0.4 is 0 Å². The molecule has 0 unspecified atom stereocenters. The third-order valence-corrected chi connectivity index (χ3v) is 6.15. The Labute approximate surface area is 162 Å². The molecule has 2 atom stereocenters. The van der Waals surface area contributed by atoms with Gasteiger partial charge in [-0.05, 0) is 56.0 Å². The molecular weight excluding hydrogens is 348 g/mol. The van der Waals surface area contributed by atoms with Gasteiger partial charge in [-0.2, -0.15) is 0 Å². The van der Waals surface area contributed by atoms with E-state index in [-0.39, 0.29) is 18.4 Å². The number of halogens is 1. The van der Waals surface area contributed by atoms with E-state index < -0.39 is 0 Å². The Kier molecular flexibility index (Phi) is 7.35. The molecule has 144 valence electrons. The summed E-state index contributed by atoms with van der Waals surface area (Å²) >= 11 is 5.91. The molecule has 0 aromatic heterocycles. The predicted octanol–water partition coefficient (Wildman–Crippen LogP) is 3.22. The molecule has 1 aromatic rings. The fourth-order valence-electron chi connectivity index (χ4n) is 4.27. The van der Waals surface area contributed by atoms with Crippen LogP contribution in [-0.2, 0) is 11.2 Å². The van der Waals surface area contributed by atoms with Crippen LogP contribution in [0.15, 0.2) is 24.3 Å². The average molecular weight is 379 g/mol. The van der Waals surface area contributed by atoms with Crippen LogP contribution in [-0.4, -0.2) is 60.1 Å². The van der Waals surface area contributed by atoms with Crippen molar-refractivity contribution in [3.05, 3.63) is 34.9 Å². The fraction of sp³-hybridized carbons (Fsp3) is 0.667. The Bertz CT molecular complexity index is 570. The van der Waals surface area contributed by atoms with Gasteiger partial charge in [-0.25, -0.2) is 0 Å². The number of hydrogen-bond donors (Lipinski definition) is 1. The summed E-state index contributed by atoms with van der Waals surface area (Å²) < 4.78 is 0. The second-order valence-corrected chi connectivity index (χ2v) is 8.28. The van der Waals surface area contributed by atoms with E-state index in [0.29, 0.717) is 18.9 Å². The van der Waals surface area contributed by atoms with Crippen LogP contribution >= 0.6 is 11.6 Å². The molecule has 0 bridgehead atoms. The lowest BCUT2D eigenvalue weighted by Crippen LogP contribution is -2.35. The zero-order valence-corrected chi connectivity index (χ0v) is 16.3. The van der Waals surface area contributed by atoms with Crippen LogP contribution in [0.4, 0.5) is 0 Å². The molecular formula is C21H31ClN2O2. The summed E-state index contributed by atoms with van der Waals surface area (Å²) in [5.41, 5.74) is 1.14. The number of likely N-dealkylation sites (tertiary alicyclic amines) is 2. The molecule has 2 saturated heterocycles. The number of rotatable bonds is 6. The van der Waals surface area contributed by atoms with E-state index in [4.69, 9.17) is 11.6 Å². The van der Waals surface area contributed by atoms with Crippen molar-refractivity contribution in [3.63, 3.8) is 0 Å². The van der Waals surface area contributed by atoms with E-state index in [1.54, 1.807) is 0 Å². The van der Waals surface area contributed by atoms with Gasteiger partial charge in [-0.3, -0.25) is 4.79 Å². The van der Waals surface area contributed by atoms with Crippen LogP contribution in [0.1, 0.15) is 37.7 Å². The number of aliphatic hydroxyl groups excluding tert-OH is 1. The Balaban J connectivity index is 1.50. The van der Waals surface area contributed by atoms with Gasteiger partial charge in [0.2, 0.25) is 5.91 Å². The minimum Gasteiger partial charge on any atom is -0.396 e. The summed E-state index contributed by atoms with van der Waals surface area (Å²) in [7, 11) is 0. The molecule has 0 saturated carbocycles. The predicted molar refractivity (Wildman–Crippen MR) is 105 cm³/mol. The topological polar surface area (TPSA) is 43.8 Å². The molecule has 0 aliphatic carbocycles. The van der Waals surface area contributed by atoms with Gasteiger partial charge < -0.3 is 14.9 Å². The van der Waals surface area contributed by atoms with Crippen molar-refractivity contribution in [2.75, 3.05) is 39.3 Å². The van der Waals surface area contributed by atoms with Gasteiger partial charge in [0.1, 0.15) is 0 Å². The van der Waals surface area contributed by atoms with Gasteiger partial charge in [0.25, 0.3) is 0 Å². The van der Waals surface area contributed by atoms with Gasteiger partial charge in [-0.1, -0.05) is 36.6 Å². The molecule has 0 radical (unpaired) electrons. The number of aryl methyl sites for hydroxylation is 1. The summed E-state index contributed by atoms with van der Waals surface area (Å²) in [5, 5.41) is 10.5. The van der Waals surface area contributed by atoms with E-state index in [0.717, 1.165) is 30.1 Å². The largest absolute Gasteiger partial charge is 0.396 e. The van der Waals surface area contributed by atoms with Crippen molar-refractivity contribution in [2.24, 2.45) is 11.8 Å². The highest BCUT2D eigenvalue weighted by molar-refractivity contribution is 6.30. The maximum absolute atomic E-state index is 12.6. The average Bonchev–Trinajstić information content (AvgIpc) is 2.88. The fourth-order valence-corrected chi connectivity index (χ4v) is 4.39. The van der Waals surface area contributed by atoms with E-state index >= 15 is 0 Å². The Morgan fingerprint density at radius 2 is 1.69 bits per heavy atom. The monoisotopic (exact) mass is 378 g/mol. The van der Waals surface area contributed by atoms with Crippen LogP contribution in [0, 0.1) is 11.8 Å². The van der Waals surface area contributed by atoms with Gasteiger partial charge in [-0.15, -0.1) is 0 Å². The highest BCUT2D eigenvalue weighted by Crippen LogP contribution is 2.26. The minimum atomic E-state index is 0.180. The lowest BCUT2D eigenvalue weighted by Gasteiger charge is -2.26. The van der Waals surface area contributed by atoms with Gasteiger partial charge in [0.15, 0.2) is 0 Å². The lowest BCUT2D eigenvalue weighted by molar-refractivity contribution is -0.130. The van der Waals surface area contributed by atoms with Crippen LogP contribution in [0.25, 0.3) is 0 Å². The van der Waals surface area contributed by atoms with Crippen molar-refractivity contribution in [3.8, 4) is 0 Å². The maximum Gasteiger partial charge on any atom is 0.222 e. The summed E-state index contributed by atoms with van der Waals surface area (Å²) in [6.07, 6.45) is 6.49. The summed E-state index contributed by atoms with van der Waals surface area (Å²) in [6, 6.07) is 7.71. The van der Waals surface area contributed by atoms with Crippen molar-refractivity contribution < 1.29 is 9.90 Å². The SMILES string of the molecule is O=C(CCc1ccc(Cl)cc1)N1C[C@@H](CO)[C@@H](CN2CCCCCC2)C1. The van der Waals surface area contributed by atoms with E-state index in [2.05, 4.69) is 4.90 Å². The van der Waals surface area contributed by atoms with Gasteiger partial charge in [0.05, 0.1) is 0 Å². The molecule has 4 nitrogen and oxygen atoms in total. The number of benzene rings is 1. The molecule has 3 rings (SSSR count). The molecule has 2 heterocycles. The highest BCUT2D eigenvalue weighted by Gasteiger charge is 2.35. The Morgan fingerprint density at radius 3 is 2.35 bits per heavy atom. The van der Waals surface area contributed by atoms with Crippen molar-refractivity contribution in [1.82, 2.24) is 9.80 Å². The molecule has 2 fully saturated rings. The van der Waals surface area contributed by atoms with Crippen LogP contribution in [0.3, 0.4) is 0 Å². The molecule has 26 heavy (non-hydrogen) atoms. The first-order valence-electron chi connectivity index (χ1n) is 10.0. The zero-order valence-electron chi connectivity index (χ0n) is 15.6. The quantitative estimate of drug-likeness (QED) is 0.826. The van der Waals surface area contributed by atoms with E-state index in [9.17, 15) is 9.90 Å². The minimum absolute atomic E-state index is 0.180. The number of carbonyl (C=O) groups is 1. The highest BCUT2D eigenvalue weighted by atomic mass is 35.5. The zero-order chi connectivity index (χ0) is 18.4. The molecule has 1 aromatic carbocycles. The number of hydrogen-bond acceptors (Lipinski definition) is 3. The van der Waals surface area contributed by atoms with Gasteiger partial charge in [0, 0.05) is 43.6 Å². The van der Waals surface area contributed by atoms with Crippen molar-refractivity contribution in [2.45, 2.75) is 38.5 Å². The van der Waals surface area contributed by atoms with Crippen molar-refractivity contribution >= 4 is 17.5 Å². The van der Waals surface area contributed by atoms with Gasteiger partial charge >= 0.3 is 0 Å². The number of aliphatic hydroxyl groups is 1. The smallest absolute Gasteiger partial charge is 0.222 e. The second-order valence-electron chi connectivity index (χ2n) is 7.84. The number of carbonyl (C=O) groups excluding carboxylic acids is 1. The first-order chi connectivity index (χ1) is 12.7. The maximum atomic E-state index is 12.6. The molecule has 2 aliphatic heterocycles. The third-order valence-electron chi connectivity index (χ3n) is 5.90. The standard InChI is InChI=1S/C21H31ClN2O2/c22-20-8-5-17(6-9-20)7-10-21(26)24-14-18(19(15-24)16-25)13-23-11-3-1-2-4-12-23/h5-6,8-9,18-19,25H,1-4,7,10-16H2/t18-,19-/m0/s1. The van der Waals surface area contributed by atoms with Crippen LogP contribution in [0.5, 0.6) is 0 Å². The van der Waals surface area contributed by atoms with E-state index in [1.165, 1.54) is 38.8 Å². The summed E-state index contributed by atoms with van der Waals surface area (Å²) in [5.74, 6) is 0.826. The molecule has 0 spiro atoms. The first kappa shape index (κ1) is 19.7. The Hall–Kier alpha value is -1.10. The third kappa shape index (κ3) is 5.45. The normalized spacial score (nSPS) is 24.6. The molecule has 1 amide bonds. The Morgan fingerprint density at radius 1 is 1.04 bits per heavy atom.